The molecule has 1 heterocycles. The molecule has 0 aromatic carbocycles. The molecule has 78 valence electrons. The lowest BCUT2D eigenvalue weighted by molar-refractivity contribution is 0.694. The SMILES string of the molecule is Cc1cc(Br)cnc1NCC(C)CCl. The zero-order valence-corrected chi connectivity index (χ0v) is 10.7. The first-order valence-electron chi connectivity index (χ1n) is 4.55. The van der Waals surface area contributed by atoms with Gasteiger partial charge >= 0.3 is 0 Å². The van der Waals surface area contributed by atoms with Crippen LogP contribution in [0, 0.1) is 12.8 Å². The smallest absolute Gasteiger partial charge is 0.128 e. The highest BCUT2D eigenvalue weighted by Crippen LogP contribution is 2.16. The molecule has 0 spiro atoms. The third kappa shape index (κ3) is 3.46. The maximum atomic E-state index is 5.72. The Hall–Kier alpha value is -0.280. The lowest BCUT2D eigenvalue weighted by atomic mass is 10.2. The number of nitrogens with one attached hydrogen (secondary N) is 1. The number of rotatable bonds is 4. The molecule has 0 aliphatic carbocycles. The van der Waals surface area contributed by atoms with Gasteiger partial charge in [0.1, 0.15) is 5.82 Å². The van der Waals surface area contributed by atoms with Gasteiger partial charge in [0.2, 0.25) is 0 Å². The van der Waals surface area contributed by atoms with Crippen LogP contribution >= 0.6 is 27.5 Å². The minimum atomic E-state index is 0.460. The molecule has 0 aliphatic heterocycles. The summed E-state index contributed by atoms with van der Waals surface area (Å²) in [6.45, 7) is 5.00. The fourth-order valence-corrected chi connectivity index (χ4v) is 1.61. The highest BCUT2D eigenvalue weighted by atomic mass is 79.9. The van der Waals surface area contributed by atoms with E-state index >= 15 is 0 Å². The van der Waals surface area contributed by atoms with Gasteiger partial charge in [-0.1, -0.05) is 6.92 Å². The summed E-state index contributed by atoms with van der Waals surface area (Å²) >= 11 is 9.09. The lowest BCUT2D eigenvalue weighted by Gasteiger charge is -2.11. The Labute approximate surface area is 98.2 Å². The number of anilines is 1. The minimum Gasteiger partial charge on any atom is -0.370 e. The molecular formula is C10H14BrClN2. The summed E-state index contributed by atoms with van der Waals surface area (Å²) in [5, 5.41) is 3.27. The molecule has 14 heavy (non-hydrogen) atoms. The molecule has 0 saturated carbocycles. The van der Waals surface area contributed by atoms with Crippen molar-refractivity contribution in [2.24, 2.45) is 5.92 Å². The van der Waals surface area contributed by atoms with Gasteiger partial charge in [0.25, 0.3) is 0 Å². The maximum Gasteiger partial charge on any atom is 0.128 e. The van der Waals surface area contributed by atoms with Crippen LogP contribution in [-0.4, -0.2) is 17.4 Å². The monoisotopic (exact) mass is 276 g/mol. The van der Waals surface area contributed by atoms with Gasteiger partial charge in [0.15, 0.2) is 0 Å². The van der Waals surface area contributed by atoms with E-state index in [1.165, 1.54) is 0 Å². The molecule has 1 N–H and O–H groups in total. The van der Waals surface area contributed by atoms with Crippen LogP contribution in [0.25, 0.3) is 0 Å². The van der Waals surface area contributed by atoms with Gasteiger partial charge in [-0.3, -0.25) is 0 Å². The highest BCUT2D eigenvalue weighted by molar-refractivity contribution is 9.10. The van der Waals surface area contributed by atoms with E-state index in [-0.39, 0.29) is 0 Å². The Bertz CT molecular complexity index is 304. The number of aryl methyl sites for hydroxylation is 1. The Morgan fingerprint density at radius 1 is 1.64 bits per heavy atom. The van der Waals surface area contributed by atoms with Crippen molar-refractivity contribution in [3.8, 4) is 0 Å². The molecule has 0 amide bonds. The van der Waals surface area contributed by atoms with Gasteiger partial charge in [0, 0.05) is 23.1 Å². The average molecular weight is 278 g/mol. The topological polar surface area (TPSA) is 24.9 Å². The summed E-state index contributed by atoms with van der Waals surface area (Å²) in [4.78, 5) is 4.28. The fraction of sp³-hybridized carbons (Fsp3) is 0.500. The largest absolute Gasteiger partial charge is 0.370 e. The van der Waals surface area contributed by atoms with Crippen LogP contribution < -0.4 is 5.32 Å². The van der Waals surface area contributed by atoms with E-state index < -0.39 is 0 Å². The molecule has 4 heteroatoms. The summed E-state index contributed by atoms with van der Waals surface area (Å²) < 4.78 is 1.01. The van der Waals surface area contributed by atoms with Gasteiger partial charge in [0.05, 0.1) is 0 Å². The molecular weight excluding hydrogens is 263 g/mol. The molecule has 0 radical (unpaired) electrons. The summed E-state index contributed by atoms with van der Waals surface area (Å²) in [6.07, 6.45) is 1.79. The number of aromatic nitrogens is 1. The molecule has 1 aromatic rings. The summed E-state index contributed by atoms with van der Waals surface area (Å²) in [7, 11) is 0. The van der Waals surface area contributed by atoms with E-state index in [1.807, 2.05) is 13.0 Å². The molecule has 0 aliphatic rings. The Morgan fingerprint density at radius 3 is 2.93 bits per heavy atom. The zero-order chi connectivity index (χ0) is 10.6. The molecule has 0 fully saturated rings. The number of halogens is 2. The third-order valence-electron chi connectivity index (χ3n) is 1.93. The predicted molar refractivity (Wildman–Crippen MR) is 65.0 cm³/mol. The minimum absolute atomic E-state index is 0.460. The maximum absolute atomic E-state index is 5.72. The summed E-state index contributed by atoms with van der Waals surface area (Å²) in [6, 6.07) is 2.04. The first kappa shape index (κ1) is 11.8. The van der Waals surface area contributed by atoms with E-state index in [9.17, 15) is 0 Å². The number of pyridine rings is 1. The molecule has 1 aromatic heterocycles. The van der Waals surface area contributed by atoms with Crippen LogP contribution in [-0.2, 0) is 0 Å². The van der Waals surface area contributed by atoms with E-state index in [1.54, 1.807) is 6.20 Å². The Balaban J connectivity index is 2.59. The standard InChI is InChI=1S/C10H14BrClN2/c1-7(4-12)5-13-10-8(2)3-9(11)6-14-10/h3,6-7H,4-5H2,1-2H3,(H,13,14). The fourth-order valence-electron chi connectivity index (χ4n) is 1.05. The van der Waals surface area contributed by atoms with E-state index in [2.05, 4.69) is 33.2 Å². The highest BCUT2D eigenvalue weighted by Gasteiger charge is 2.03. The molecule has 1 atom stereocenters. The summed E-state index contributed by atoms with van der Waals surface area (Å²) in [5.74, 6) is 2.06. The molecule has 1 rings (SSSR count). The average Bonchev–Trinajstić information content (AvgIpc) is 2.16. The normalized spacial score (nSPS) is 12.6. The van der Waals surface area contributed by atoms with Crippen molar-refractivity contribution < 1.29 is 0 Å². The van der Waals surface area contributed by atoms with Gasteiger partial charge in [-0.15, -0.1) is 11.6 Å². The predicted octanol–water partition coefficient (Wildman–Crippen LogP) is 3.44. The van der Waals surface area contributed by atoms with Crippen molar-refractivity contribution in [3.63, 3.8) is 0 Å². The van der Waals surface area contributed by atoms with Crippen molar-refractivity contribution in [2.75, 3.05) is 17.7 Å². The Kier molecular flexibility index (Phi) is 4.69. The number of nitrogens with zero attached hydrogens (tertiary/aromatic N) is 1. The zero-order valence-electron chi connectivity index (χ0n) is 8.35. The van der Waals surface area contributed by atoms with Crippen molar-refractivity contribution >= 4 is 33.3 Å². The third-order valence-corrected chi connectivity index (χ3v) is 2.89. The van der Waals surface area contributed by atoms with Crippen LogP contribution in [0.5, 0.6) is 0 Å². The second-order valence-electron chi connectivity index (χ2n) is 3.46. The number of hydrogen-bond acceptors (Lipinski definition) is 2. The lowest BCUT2D eigenvalue weighted by Crippen LogP contribution is -2.13. The van der Waals surface area contributed by atoms with Gasteiger partial charge in [-0.05, 0) is 40.4 Å². The van der Waals surface area contributed by atoms with E-state index in [0.717, 1.165) is 22.4 Å². The van der Waals surface area contributed by atoms with Crippen LogP contribution in [0.4, 0.5) is 5.82 Å². The van der Waals surface area contributed by atoms with Crippen molar-refractivity contribution in [1.82, 2.24) is 4.98 Å². The second-order valence-corrected chi connectivity index (χ2v) is 4.68. The second kappa shape index (κ2) is 5.56. The number of alkyl halides is 1. The van der Waals surface area contributed by atoms with Gasteiger partial charge in [-0.2, -0.15) is 0 Å². The molecule has 2 nitrogen and oxygen atoms in total. The molecule has 0 saturated heterocycles. The van der Waals surface area contributed by atoms with Gasteiger partial charge in [-0.25, -0.2) is 4.98 Å². The van der Waals surface area contributed by atoms with Crippen LogP contribution in [0.1, 0.15) is 12.5 Å². The molecule has 0 bridgehead atoms. The van der Waals surface area contributed by atoms with Crippen LogP contribution in [0.2, 0.25) is 0 Å². The quantitative estimate of drug-likeness (QED) is 0.853. The van der Waals surface area contributed by atoms with Crippen molar-refractivity contribution in [3.05, 3.63) is 22.3 Å². The van der Waals surface area contributed by atoms with Crippen LogP contribution in [0.3, 0.4) is 0 Å². The Morgan fingerprint density at radius 2 is 2.36 bits per heavy atom. The van der Waals surface area contributed by atoms with Gasteiger partial charge < -0.3 is 5.32 Å². The van der Waals surface area contributed by atoms with E-state index in [4.69, 9.17) is 11.6 Å². The van der Waals surface area contributed by atoms with Crippen LogP contribution in [0.15, 0.2) is 16.7 Å². The first-order valence-corrected chi connectivity index (χ1v) is 5.88. The molecule has 1 unspecified atom stereocenters. The van der Waals surface area contributed by atoms with Crippen molar-refractivity contribution in [1.29, 1.82) is 0 Å². The number of hydrogen-bond donors (Lipinski definition) is 1. The van der Waals surface area contributed by atoms with Crippen molar-refractivity contribution in [2.45, 2.75) is 13.8 Å². The summed E-state index contributed by atoms with van der Waals surface area (Å²) in [5.41, 5.74) is 1.14. The first-order chi connectivity index (χ1) is 6.63. The van der Waals surface area contributed by atoms with E-state index in [0.29, 0.717) is 11.8 Å².